The molecule has 0 aliphatic heterocycles. The van der Waals surface area contributed by atoms with E-state index in [0.717, 1.165) is 0 Å². The highest BCUT2D eigenvalue weighted by atomic mass is 35.5. The van der Waals surface area contributed by atoms with Crippen LogP contribution >= 0.6 is 23.2 Å². The molecule has 78 valence electrons. The number of para-hydroxylation sites is 1. The van der Waals surface area contributed by atoms with Gasteiger partial charge in [0.2, 0.25) is 0 Å². The second kappa shape index (κ2) is 5.41. The lowest BCUT2D eigenvalue weighted by Gasteiger charge is -2.11. The number of rotatable bonds is 4. The molecule has 0 radical (unpaired) electrons. The van der Waals surface area contributed by atoms with E-state index in [0.29, 0.717) is 22.3 Å². The van der Waals surface area contributed by atoms with Crippen molar-refractivity contribution in [2.45, 2.75) is 6.10 Å². The van der Waals surface area contributed by atoms with E-state index in [4.69, 9.17) is 27.9 Å². The molecule has 0 amide bonds. The molecule has 14 heavy (non-hydrogen) atoms. The molecule has 0 unspecified atom stereocenters. The van der Waals surface area contributed by atoms with Crippen LogP contribution in [0.2, 0.25) is 10.0 Å². The van der Waals surface area contributed by atoms with Crippen molar-refractivity contribution in [2.24, 2.45) is 0 Å². The minimum Gasteiger partial charge on any atom is -0.488 e. The van der Waals surface area contributed by atoms with Gasteiger partial charge >= 0.3 is 0 Å². The highest BCUT2D eigenvalue weighted by Crippen LogP contribution is 2.32. The summed E-state index contributed by atoms with van der Waals surface area (Å²) < 4.78 is 5.27. The summed E-state index contributed by atoms with van der Waals surface area (Å²) in [6.45, 7) is 0.537. The Morgan fingerprint density at radius 3 is 2.43 bits per heavy atom. The van der Waals surface area contributed by atoms with Gasteiger partial charge in [-0.1, -0.05) is 29.3 Å². The Labute approximate surface area is 92.4 Å². The molecule has 0 heterocycles. The largest absolute Gasteiger partial charge is 0.488 e. The van der Waals surface area contributed by atoms with Gasteiger partial charge in [-0.3, -0.25) is 0 Å². The SMILES string of the molecule is [NH3+]C[C@H](O)COc1c(Cl)cccc1Cl. The van der Waals surface area contributed by atoms with Gasteiger partial charge in [0, 0.05) is 0 Å². The predicted octanol–water partition coefficient (Wildman–Crippen LogP) is 0.975. The van der Waals surface area contributed by atoms with Crippen molar-refractivity contribution >= 4 is 23.2 Å². The highest BCUT2D eigenvalue weighted by molar-refractivity contribution is 6.37. The molecule has 1 aromatic rings. The number of quaternary nitrogens is 1. The molecular formula is C9H12Cl2NO2+. The van der Waals surface area contributed by atoms with Crippen LogP contribution in [-0.2, 0) is 0 Å². The van der Waals surface area contributed by atoms with Crippen LogP contribution in [0.5, 0.6) is 5.75 Å². The van der Waals surface area contributed by atoms with Crippen LogP contribution in [0.15, 0.2) is 18.2 Å². The summed E-state index contributed by atoms with van der Waals surface area (Å²) in [6, 6.07) is 5.09. The lowest BCUT2D eigenvalue weighted by Crippen LogP contribution is -2.56. The molecule has 0 aliphatic rings. The summed E-state index contributed by atoms with van der Waals surface area (Å²) in [5, 5.41) is 10.1. The summed E-state index contributed by atoms with van der Waals surface area (Å²) in [5.41, 5.74) is 3.55. The molecule has 1 atom stereocenters. The van der Waals surface area contributed by atoms with Gasteiger partial charge in [-0.25, -0.2) is 0 Å². The fraction of sp³-hybridized carbons (Fsp3) is 0.333. The monoisotopic (exact) mass is 236 g/mol. The van der Waals surface area contributed by atoms with Crippen molar-refractivity contribution in [1.29, 1.82) is 0 Å². The van der Waals surface area contributed by atoms with Crippen LogP contribution in [0.1, 0.15) is 0 Å². The van der Waals surface area contributed by atoms with Gasteiger partial charge < -0.3 is 15.6 Å². The summed E-state index contributed by atoms with van der Waals surface area (Å²) in [5.74, 6) is 0.406. The second-order valence-corrected chi connectivity index (χ2v) is 3.62. The molecule has 5 heteroatoms. The van der Waals surface area contributed by atoms with Gasteiger partial charge in [0.25, 0.3) is 0 Å². The van der Waals surface area contributed by atoms with Crippen molar-refractivity contribution in [3.05, 3.63) is 28.2 Å². The Morgan fingerprint density at radius 1 is 1.36 bits per heavy atom. The van der Waals surface area contributed by atoms with Gasteiger partial charge in [-0.15, -0.1) is 0 Å². The zero-order chi connectivity index (χ0) is 10.6. The Balaban J connectivity index is 2.66. The third-order valence-electron chi connectivity index (χ3n) is 1.67. The van der Waals surface area contributed by atoms with Crippen LogP contribution in [0.4, 0.5) is 0 Å². The number of benzene rings is 1. The number of hydrogen-bond donors (Lipinski definition) is 2. The first kappa shape index (κ1) is 11.6. The van der Waals surface area contributed by atoms with Gasteiger partial charge in [-0.05, 0) is 12.1 Å². The van der Waals surface area contributed by atoms with E-state index in [1.807, 2.05) is 0 Å². The molecular weight excluding hydrogens is 225 g/mol. The zero-order valence-electron chi connectivity index (χ0n) is 7.54. The summed E-state index contributed by atoms with van der Waals surface area (Å²) in [6.07, 6.45) is -0.595. The number of ether oxygens (including phenoxy) is 1. The smallest absolute Gasteiger partial charge is 0.156 e. The molecule has 0 aromatic heterocycles. The third kappa shape index (κ3) is 3.03. The average Bonchev–Trinajstić information content (AvgIpc) is 2.16. The van der Waals surface area contributed by atoms with Crippen LogP contribution < -0.4 is 10.5 Å². The fourth-order valence-corrected chi connectivity index (χ4v) is 1.39. The number of halogens is 2. The maximum Gasteiger partial charge on any atom is 0.156 e. The topological polar surface area (TPSA) is 57.1 Å². The average molecular weight is 237 g/mol. The van der Waals surface area contributed by atoms with Gasteiger partial charge in [0.1, 0.15) is 19.3 Å². The lowest BCUT2D eigenvalue weighted by atomic mass is 10.3. The van der Waals surface area contributed by atoms with Crippen molar-refractivity contribution in [3.8, 4) is 5.75 Å². The number of aliphatic hydroxyl groups excluding tert-OH is 1. The first-order chi connectivity index (χ1) is 6.65. The second-order valence-electron chi connectivity index (χ2n) is 2.80. The molecule has 0 bridgehead atoms. The first-order valence-corrected chi connectivity index (χ1v) is 4.95. The van der Waals surface area contributed by atoms with Gasteiger partial charge in [0.05, 0.1) is 10.0 Å². The van der Waals surface area contributed by atoms with Crippen LogP contribution in [0.3, 0.4) is 0 Å². The molecule has 4 N–H and O–H groups in total. The van der Waals surface area contributed by atoms with Gasteiger partial charge in [-0.2, -0.15) is 0 Å². The minimum atomic E-state index is -0.595. The van der Waals surface area contributed by atoms with E-state index in [1.165, 1.54) is 0 Å². The van der Waals surface area contributed by atoms with E-state index in [2.05, 4.69) is 5.73 Å². The number of aliphatic hydroxyl groups is 1. The Kier molecular flexibility index (Phi) is 4.48. The van der Waals surface area contributed by atoms with E-state index in [9.17, 15) is 5.11 Å². The molecule has 0 spiro atoms. The Hall–Kier alpha value is -0.480. The molecule has 0 saturated carbocycles. The Bertz CT molecular complexity index is 287. The molecule has 1 rings (SSSR count). The molecule has 0 fully saturated rings. The van der Waals surface area contributed by atoms with E-state index >= 15 is 0 Å². The Morgan fingerprint density at radius 2 is 1.93 bits per heavy atom. The van der Waals surface area contributed by atoms with E-state index < -0.39 is 6.10 Å². The molecule has 0 aliphatic carbocycles. The van der Waals surface area contributed by atoms with Crippen LogP contribution in [0.25, 0.3) is 0 Å². The summed E-state index contributed by atoms with van der Waals surface area (Å²) >= 11 is 11.7. The lowest BCUT2D eigenvalue weighted by molar-refractivity contribution is -0.384. The van der Waals surface area contributed by atoms with Crippen molar-refractivity contribution in [1.82, 2.24) is 0 Å². The first-order valence-electron chi connectivity index (χ1n) is 4.19. The van der Waals surface area contributed by atoms with E-state index in [1.54, 1.807) is 18.2 Å². The van der Waals surface area contributed by atoms with Gasteiger partial charge in [0.15, 0.2) is 5.75 Å². The third-order valence-corrected chi connectivity index (χ3v) is 2.27. The molecule has 1 aromatic carbocycles. The maximum absolute atomic E-state index is 9.23. The van der Waals surface area contributed by atoms with Crippen molar-refractivity contribution in [2.75, 3.05) is 13.2 Å². The highest BCUT2D eigenvalue weighted by Gasteiger charge is 2.09. The number of hydrogen-bond acceptors (Lipinski definition) is 2. The normalized spacial score (nSPS) is 12.6. The molecule has 0 saturated heterocycles. The van der Waals surface area contributed by atoms with E-state index in [-0.39, 0.29) is 6.61 Å². The quantitative estimate of drug-likeness (QED) is 0.819. The van der Waals surface area contributed by atoms with Crippen molar-refractivity contribution in [3.63, 3.8) is 0 Å². The van der Waals surface area contributed by atoms with Crippen LogP contribution in [0, 0.1) is 0 Å². The van der Waals surface area contributed by atoms with Crippen LogP contribution in [-0.4, -0.2) is 24.4 Å². The maximum atomic E-state index is 9.23. The summed E-state index contributed by atoms with van der Waals surface area (Å²) in [4.78, 5) is 0. The fourth-order valence-electron chi connectivity index (χ4n) is 0.883. The standard InChI is InChI=1S/C9H11Cl2NO2/c10-7-2-1-3-8(11)9(7)14-5-6(13)4-12/h1-3,6,13H,4-5,12H2/p+1/t6-/m0/s1. The predicted molar refractivity (Wildman–Crippen MR) is 55.7 cm³/mol. The minimum absolute atomic E-state index is 0.146. The zero-order valence-corrected chi connectivity index (χ0v) is 9.05. The summed E-state index contributed by atoms with van der Waals surface area (Å²) in [7, 11) is 0. The van der Waals surface area contributed by atoms with Crippen molar-refractivity contribution < 1.29 is 15.6 Å². The molecule has 3 nitrogen and oxygen atoms in total.